The van der Waals surface area contributed by atoms with Crippen molar-refractivity contribution in [3.63, 3.8) is 0 Å². The normalized spacial score (nSPS) is 16.8. The van der Waals surface area contributed by atoms with Gasteiger partial charge >= 0.3 is 19.2 Å². The highest BCUT2D eigenvalue weighted by Gasteiger charge is 2.52. The van der Waals surface area contributed by atoms with Crippen LogP contribution in [0.5, 0.6) is 0 Å². The number of fused-ring (bicyclic) bond motifs is 3. The zero-order valence-corrected chi connectivity index (χ0v) is 24.2. The predicted octanol–water partition coefficient (Wildman–Crippen LogP) is 5.40. The fourth-order valence-corrected chi connectivity index (χ4v) is 5.47. The van der Waals surface area contributed by atoms with E-state index in [-0.39, 0.29) is 24.9 Å². The van der Waals surface area contributed by atoms with Crippen LogP contribution in [0.25, 0.3) is 11.1 Å². The first-order valence-electron chi connectivity index (χ1n) is 13.6. The molecule has 1 heterocycles. The summed E-state index contributed by atoms with van der Waals surface area (Å²) in [6, 6.07) is 20.2. The molecule has 3 aromatic rings. The lowest BCUT2D eigenvalue weighted by atomic mass is 9.74. The van der Waals surface area contributed by atoms with Gasteiger partial charge in [-0.2, -0.15) is 0 Å². The van der Waals surface area contributed by atoms with Gasteiger partial charge in [0.15, 0.2) is 0 Å². The van der Waals surface area contributed by atoms with Crippen LogP contribution in [0.4, 0.5) is 10.5 Å². The van der Waals surface area contributed by atoms with Crippen LogP contribution in [-0.2, 0) is 30.0 Å². The Morgan fingerprint density at radius 1 is 0.925 bits per heavy atom. The van der Waals surface area contributed by atoms with Gasteiger partial charge in [0.25, 0.3) is 0 Å². The van der Waals surface area contributed by atoms with Crippen molar-refractivity contribution < 1.29 is 28.4 Å². The molecule has 0 N–H and O–H groups in total. The molecule has 1 fully saturated rings. The molecule has 0 saturated carbocycles. The molecule has 1 saturated heterocycles. The maximum Gasteiger partial charge on any atom is 0.495 e. The standard InChI is InChI=1S/C32H36BNO6/c1-20-27(33-39-31(2,3)32(4,5)40-33)16-21(18-29(35)37-7)17-28(20)34(6)30(36)38-19-26-24-14-10-8-12-22(24)23-13-9-11-15-25(23)26/h8-17,26H,18-19H2,1-7H3. The van der Waals surface area contributed by atoms with E-state index < -0.39 is 24.4 Å². The summed E-state index contributed by atoms with van der Waals surface area (Å²) < 4.78 is 23.5. The van der Waals surface area contributed by atoms with Gasteiger partial charge in [-0.3, -0.25) is 9.69 Å². The summed E-state index contributed by atoms with van der Waals surface area (Å²) in [6.07, 6.45) is -0.436. The Labute approximate surface area is 236 Å². The van der Waals surface area contributed by atoms with Gasteiger partial charge in [-0.25, -0.2) is 4.79 Å². The molecule has 1 aliphatic heterocycles. The maximum absolute atomic E-state index is 13.5. The fraction of sp³-hybridized carbons (Fsp3) is 0.375. The van der Waals surface area contributed by atoms with Gasteiger partial charge in [-0.1, -0.05) is 54.6 Å². The van der Waals surface area contributed by atoms with Crippen LogP contribution in [-0.4, -0.2) is 51.1 Å². The van der Waals surface area contributed by atoms with Crippen molar-refractivity contribution in [2.45, 2.75) is 58.2 Å². The van der Waals surface area contributed by atoms with E-state index in [1.54, 1.807) is 7.05 Å². The molecule has 5 rings (SSSR count). The van der Waals surface area contributed by atoms with Crippen LogP contribution in [0, 0.1) is 6.92 Å². The molecule has 0 aromatic heterocycles. The van der Waals surface area contributed by atoms with E-state index in [9.17, 15) is 9.59 Å². The maximum atomic E-state index is 13.5. The number of methoxy groups -OCH3 is 1. The van der Waals surface area contributed by atoms with Crippen LogP contribution < -0.4 is 10.4 Å². The van der Waals surface area contributed by atoms with E-state index >= 15 is 0 Å². The number of anilines is 1. The second-order valence-electron chi connectivity index (χ2n) is 11.5. The summed E-state index contributed by atoms with van der Waals surface area (Å²) >= 11 is 0. The van der Waals surface area contributed by atoms with Gasteiger partial charge in [0.2, 0.25) is 0 Å². The Morgan fingerprint density at radius 3 is 2.02 bits per heavy atom. The highest BCUT2D eigenvalue weighted by atomic mass is 16.7. The Morgan fingerprint density at radius 2 is 1.48 bits per heavy atom. The number of carbonyl (C=O) groups excluding carboxylic acids is 2. The minimum atomic E-state index is -0.655. The number of hydrogen-bond donors (Lipinski definition) is 0. The molecule has 0 unspecified atom stereocenters. The molecular formula is C32H36BNO6. The summed E-state index contributed by atoms with van der Waals surface area (Å²) in [7, 11) is 2.38. The third kappa shape index (κ3) is 4.91. The third-order valence-electron chi connectivity index (χ3n) is 8.53. The van der Waals surface area contributed by atoms with Crippen molar-refractivity contribution in [2.75, 3.05) is 25.7 Å². The van der Waals surface area contributed by atoms with Crippen molar-refractivity contribution in [2.24, 2.45) is 0 Å². The lowest BCUT2D eigenvalue weighted by molar-refractivity contribution is -0.139. The van der Waals surface area contributed by atoms with E-state index in [4.69, 9.17) is 18.8 Å². The van der Waals surface area contributed by atoms with E-state index in [2.05, 4.69) is 24.3 Å². The van der Waals surface area contributed by atoms with Gasteiger partial charge in [-0.05, 0) is 79.5 Å². The van der Waals surface area contributed by atoms with Gasteiger partial charge in [0, 0.05) is 18.7 Å². The number of ether oxygens (including phenoxy) is 2. The van der Waals surface area contributed by atoms with Crippen molar-refractivity contribution in [3.05, 3.63) is 82.9 Å². The minimum absolute atomic E-state index is 0.0446. The molecule has 2 aliphatic rings. The number of carbonyl (C=O) groups is 2. The van der Waals surface area contributed by atoms with E-state index in [1.807, 2.05) is 71.0 Å². The predicted molar refractivity (Wildman–Crippen MR) is 156 cm³/mol. The molecule has 208 valence electrons. The lowest BCUT2D eigenvalue weighted by Gasteiger charge is -2.32. The lowest BCUT2D eigenvalue weighted by Crippen LogP contribution is -2.41. The molecule has 7 nitrogen and oxygen atoms in total. The Bertz CT molecular complexity index is 1400. The Balaban J connectivity index is 1.42. The molecule has 0 bridgehead atoms. The summed E-state index contributed by atoms with van der Waals surface area (Å²) in [6.45, 7) is 10.1. The summed E-state index contributed by atoms with van der Waals surface area (Å²) in [4.78, 5) is 27.1. The first-order chi connectivity index (χ1) is 18.9. The number of esters is 1. The largest absolute Gasteiger partial charge is 0.495 e. The zero-order valence-electron chi connectivity index (χ0n) is 24.2. The molecule has 1 amide bonds. The average molecular weight is 541 g/mol. The van der Waals surface area contributed by atoms with Crippen LogP contribution >= 0.6 is 0 Å². The second kappa shape index (κ2) is 10.4. The number of nitrogens with zero attached hydrogens (tertiary/aromatic N) is 1. The smallest absolute Gasteiger partial charge is 0.469 e. The SMILES string of the molecule is COC(=O)Cc1cc(B2OC(C)(C)C(C)(C)O2)c(C)c(N(C)C(=O)OCC2c3ccccc3-c3ccccc32)c1. The van der Waals surface area contributed by atoms with Crippen molar-refractivity contribution in [1.82, 2.24) is 0 Å². The molecule has 3 aromatic carbocycles. The monoisotopic (exact) mass is 541 g/mol. The van der Waals surface area contributed by atoms with Gasteiger partial charge in [0.05, 0.1) is 24.7 Å². The van der Waals surface area contributed by atoms with Gasteiger partial charge in [0.1, 0.15) is 6.61 Å². The molecule has 0 atom stereocenters. The highest BCUT2D eigenvalue weighted by molar-refractivity contribution is 6.63. The molecular weight excluding hydrogens is 505 g/mol. The number of hydrogen-bond acceptors (Lipinski definition) is 6. The van der Waals surface area contributed by atoms with Crippen molar-refractivity contribution >= 4 is 30.3 Å². The van der Waals surface area contributed by atoms with Gasteiger partial charge < -0.3 is 18.8 Å². The first kappa shape index (κ1) is 27.9. The van der Waals surface area contributed by atoms with E-state index in [0.29, 0.717) is 11.3 Å². The molecule has 8 heteroatoms. The van der Waals surface area contributed by atoms with E-state index in [0.717, 1.165) is 22.2 Å². The minimum Gasteiger partial charge on any atom is -0.469 e. The average Bonchev–Trinajstić information content (AvgIpc) is 3.36. The number of benzene rings is 3. The number of amides is 1. The van der Waals surface area contributed by atoms with Crippen LogP contribution in [0.3, 0.4) is 0 Å². The van der Waals surface area contributed by atoms with Crippen LogP contribution in [0.1, 0.15) is 55.9 Å². The molecule has 1 aliphatic carbocycles. The Hall–Kier alpha value is -3.62. The third-order valence-corrected chi connectivity index (χ3v) is 8.53. The quantitative estimate of drug-likeness (QED) is 0.308. The summed E-state index contributed by atoms with van der Waals surface area (Å²) in [5.41, 5.74) is 6.44. The topological polar surface area (TPSA) is 74.3 Å². The summed E-state index contributed by atoms with van der Waals surface area (Å²) in [5, 5.41) is 0. The first-order valence-corrected chi connectivity index (χ1v) is 13.6. The second-order valence-corrected chi connectivity index (χ2v) is 11.5. The molecule has 0 spiro atoms. The zero-order chi connectivity index (χ0) is 28.8. The summed E-state index contributed by atoms with van der Waals surface area (Å²) in [5.74, 6) is -0.421. The number of rotatable bonds is 6. The van der Waals surface area contributed by atoms with Crippen LogP contribution in [0.2, 0.25) is 0 Å². The van der Waals surface area contributed by atoms with Crippen molar-refractivity contribution in [3.8, 4) is 11.1 Å². The molecule has 0 radical (unpaired) electrons. The van der Waals surface area contributed by atoms with Gasteiger partial charge in [-0.15, -0.1) is 0 Å². The highest BCUT2D eigenvalue weighted by Crippen LogP contribution is 2.44. The molecule has 40 heavy (non-hydrogen) atoms. The van der Waals surface area contributed by atoms with E-state index in [1.165, 1.54) is 23.1 Å². The van der Waals surface area contributed by atoms with Crippen molar-refractivity contribution in [1.29, 1.82) is 0 Å². The van der Waals surface area contributed by atoms with Crippen LogP contribution in [0.15, 0.2) is 60.7 Å². The Kier molecular flexibility index (Phi) is 7.27. The fourth-order valence-electron chi connectivity index (χ4n) is 5.47.